The average molecular weight is 405 g/mol. The smallest absolute Gasteiger partial charge is 0.237 e. The van der Waals surface area contributed by atoms with Gasteiger partial charge in [-0.15, -0.1) is 11.8 Å². The van der Waals surface area contributed by atoms with Gasteiger partial charge in [-0.3, -0.25) is 4.79 Å². The van der Waals surface area contributed by atoms with Crippen LogP contribution in [0.4, 0.5) is 0 Å². The molecule has 3 rings (SSSR count). The molecule has 0 aliphatic carbocycles. The van der Waals surface area contributed by atoms with Crippen LogP contribution in [0.3, 0.4) is 0 Å². The van der Waals surface area contributed by atoms with Gasteiger partial charge in [-0.1, -0.05) is 41.9 Å². The number of rotatable bonds is 7. The molecule has 0 radical (unpaired) electrons. The van der Waals surface area contributed by atoms with Crippen molar-refractivity contribution in [1.29, 1.82) is 0 Å². The molecule has 1 aliphatic rings. The van der Waals surface area contributed by atoms with Gasteiger partial charge in [-0.25, -0.2) is 0 Å². The summed E-state index contributed by atoms with van der Waals surface area (Å²) in [6, 6.07) is 16.2. The Hall–Kier alpha value is -1.53. The predicted octanol–water partition coefficient (Wildman–Crippen LogP) is 3.91. The summed E-state index contributed by atoms with van der Waals surface area (Å²) in [7, 11) is 1.69. The highest BCUT2D eigenvalue weighted by molar-refractivity contribution is 8.00. The van der Waals surface area contributed by atoms with E-state index in [4.69, 9.17) is 16.3 Å². The Morgan fingerprint density at radius 2 is 2.04 bits per heavy atom. The van der Waals surface area contributed by atoms with Crippen LogP contribution in [0.1, 0.15) is 17.2 Å². The molecule has 1 heterocycles. The monoisotopic (exact) mass is 404 g/mol. The van der Waals surface area contributed by atoms with E-state index >= 15 is 0 Å². The highest BCUT2D eigenvalue weighted by atomic mass is 35.5. The standard InChI is InChI=1S/C21H25ClN2O2S/c1-26-11-10-23-14-19-9-12-27-20(21(25)24-19)17-4-2-3-16(13-17)15-5-7-18(22)8-6-15/h2-8,13,19-20,23H,9-12,14H2,1H3,(H,24,25)/t19-,20+/m0/s1. The maximum atomic E-state index is 12.8. The molecule has 144 valence electrons. The van der Waals surface area contributed by atoms with Gasteiger partial charge in [-0.05, 0) is 47.1 Å². The maximum absolute atomic E-state index is 12.8. The topological polar surface area (TPSA) is 50.4 Å². The summed E-state index contributed by atoms with van der Waals surface area (Å²) in [6.45, 7) is 2.24. The van der Waals surface area contributed by atoms with E-state index in [0.717, 1.165) is 47.0 Å². The van der Waals surface area contributed by atoms with Crippen LogP contribution < -0.4 is 10.6 Å². The lowest BCUT2D eigenvalue weighted by Gasteiger charge is -2.18. The van der Waals surface area contributed by atoms with Gasteiger partial charge in [-0.2, -0.15) is 0 Å². The molecular formula is C21H25ClN2O2S. The third-order valence-corrected chi connectivity index (χ3v) is 6.12. The first kappa shape index (κ1) is 20.2. The SMILES string of the molecule is COCCNC[C@@H]1CCS[C@H](c2cccc(-c3ccc(Cl)cc3)c2)C(=O)N1. The third kappa shape index (κ3) is 5.72. The normalized spacial score (nSPS) is 20.1. The molecule has 4 nitrogen and oxygen atoms in total. The quantitative estimate of drug-likeness (QED) is 0.687. The van der Waals surface area contributed by atoms with Crippen molar-refractivity contribution in [2.75, 3.05) is 32.6 Å². The van der Waals surface area contributed by atoms with Crippen molar-refractivity contribution in [3.05, 3.63) is 59.1 Å². The second-order valence-corrected chi connectivity index (χ2v) is 8.22. The van der Waals surface area contributed by atoms with Crippen molar-refractivity contribution >= 4 is 29.3 Å². The Bertz CT molecular complexity index is 754. The molecule has 0 unspecified atom stereocenters. The number of hydrogen-bond acceptors (Lipinski definition) is 4. The zero-order valence-corrected chi connectivity index (χ0v) is 17.0. The van der Waals surface area contributed by atoms with E-state index in [1.54, 1.807) is 18.9 Å². The molecule has 1 saturated heterocycles. The molecule has 1 fully saturated rings. The molecule has 2 N–H and O–H groups in total. The number of carbonyl (C=O) groups excluding carboxylic acids is 1. The van der Waals surface area contributed by atoms with Crippen LogP contribution in [0.2, 0.25) is 5.02 Å². The second kappa shape index (κ2) is 10.1. The number of benzene rings is 2. The van der Waals surface area contributed by atoms with Crippen molar-refractivity contribution < 1.29 is 9.53 Å². The minimum absolute atomic E-state index is 0.0873. The number of halogens is 1. The number of carbonyl (C=O) groups is 1. The van der Waals surface area contributed by atoms with Gasteiger partial charge in [0, 0.05) is 31.3 Å². The van der Waals surface area contributed by atoms with Crippen molar-refractivity contribution in [2.24, 2.45) is 0 Å². The van der Waals surface area contributed by atoms with E-state index in [0.29, 0.717) is 6.61 Å². The summed E-state index contributed by atoms with van der Waals surface area (Å²) in [5.74, 6) is 1.04. The number of nitrogens with one attached hydrogen (secondary N) is 2. The van der Waals surface area contributed by atoms with Gasteiger partial charge < -0.3 is 15.4 Å². The fourth-order valence-electron chi connectivity index (χ4n) is 3.13. The first-order valence-electron chi connectivity index (χ1n) is 9.15. The molecular weight excluding hydrogens is 380 g/mol. The Kier molecular flexibility index (Phi) is 7.59. The zero-order chi connectivity index (χ0) is 19.1. The van der Waals surface area contributed by atoms with Gasteiger partial charge in [0.05, 0.1) is 6.61 Å². The highest BCUT2D eigenvalue weighted by Gasteiger charge is 2.27. The summed E-state index contributed by atoms with van der Waals surface area (Å²) >= 11 is 7.70. The number of thioether (sulfide) groups is 1. The summed E-state index contributed by atoms with van der Waals surface area (Å²) in [5, 5.41) is 7.07. The van der Waals surface area contributed by atoms with Crippen LogP contribution in [-0.2, 0) is 9.53 Å². The minimum atomic E-state index is -0.179. The number of hydrogen-bond donors (Lipinski definition) is 2. The van der Waals surface area contributed by atoms with Crippen LogP contribution in [0.15, 0.2) is 48.5 Å². The van der Waals surface area contributed by atoms with Gasteiger partial charge in [0.2, 0.25) is 5.91 Å². The van der Waals surface area contributed by atoms with Crippen LogP contribution in [-0.4, -0.2) is 44.5 Å². The van der Waals surface area contributed by atoms with Crippen LogP contribution in [0.25, 0.3) is 11.1 Å². The lowest BCUT2D eigenvalue weighted by molar-refractivity contribution is -0.121. The van der Waals surface area contributed by atoms with Gasteiger partial charge in [0.1, 0.15) is 5.25 Å². The van der Waals surface area contributed by atoms with Crippen molar-refractivity contribution in [3.63, 3.8) is 0 Å². The Morgan fingerprint density at radius 1 is 1.22 bits per heavy atom. The molecule has 2 atom stereocenters. The van der Waals surface area contributed by atoms with Crippen molar-refractivity contribution in [3.8, 4) is 11.1 Å². The first-order chi connectivity index (χ1) is 13.2. The van der Waals surface area contributed by atoms with E-state index in [-0.39, 0.29) is 17.2 Å². The van der Waals surface area contributed by atoms with E-state index in [2.05, 4.69) is 22.8 Å². The Labute approximate surface area is 170 Å². The molecule has 0 bridgehead atoms. The molecule has 2 aromatic carbocycles. The van der Waals surface area contributed by atoms with Gasteiger partial charge in [0.25, 0.3) is 0 Å². The minimum Gasteiger partial charge on any atom is -0.383 e. The van der Waals surface area contributed by atoms with E-state index in [1.807, 2.05) is 36.4 Å². The first-order valence-corrected chi connectivity index (χ1v) is 10.6. The summed E-state index contributed by atoms with van der Waals surface area (Å²) < 4.78 is 5.04. The maximum Gasteiger partial charge on any atom is 0.237 e. The van der Waals surface area contributed by atoms with Crippen molar-refractivity contribution in [2.45, 2.75) is 17.7 Å². The van der Waals surface area contributed by atoms with Gasteiger partial charge in [0.15, 0.2) is 0 Å². The Morgan fingerprint density at radius 3 is 2.81 bits per heavy atom. The average Bonchev–Trinajstić information content (AvgIpc) is 2.87. The van der Waals surface area contributed by atoms with E-state index in [1.165, 1.54) is 0 Å². The van der Waals surface area contributed by atoms with Crippen LogP contribution in [0.5, 0.6) is 0 Å². The highest BCUT2D eigenvalue weighted by Crippen LogP contribution is 2.34. The molecule has 0 aromatic heterocycles. The van der Waals surface area contributed by atoms with Crippen LogP contribution in [0, 0.1) is 0 Å². The summed E-state index contributed by atoms with van der Waals surface area (Å²) in [5.41, 5.74) is 3.23. The number of amides is 1. The third-order valence-electron chi connectivity index (χ3n) is 4.58. The number of methoxy groups -OCH3 is 1. The molecule has 0 saturated carbocycles. The predicted molar refractivity (Wildman–Crippen MR) is 113 cm³/mol. The number of ether oxygens (including phenoxy) is 1. The molecule has 1 aliphatic heterocycles. The van der Waals surface area contributed by atoms with Crippen LogP contribution >= 0.6 is 23.4 Å². The molecule has 2 aromatic rings. The van der Waals surface area contributed by atoms with E-state index < -0.39 is 0 Å². The summed E-state index contributed by atoms with van der Waals surface area (Å²) in [6.07, 6.45) is 0.962. The molecule has 27 heavy (non-hydrogen) atoms. The molecule has 0 spiro atoms. The zero-order valence-electron chi connectivity index (χ0n) is 15.4. The Balaban J connectivity index is 1.68. The van der Waals surface area contributed by atoms with Crippen molar-refractivity contribution in [1.82, 2.24) is 10.6 Å². The molecule has 1 amide bonds. The largest absolute Gasteiger partial charge is 0.383 e. The lowest BCUT2D eigenvalue weighted by atomic mass is 10.0. The van der Waals surface area contributed by atoms with E-state index in [9.17, 15) is 4.79 Å². The van der Waals surface area contributed by atoms with Gasteiger partial charge >= 0.3 is 0 Å². The summed E-state index contributed by atoms with van der Waals surface area (Å²) in [4.78, 5) is 12.8. The lowest BCUT2D eigenvalue weighted by Crippen LogP contribution is -2.42. The fraction of sp³-hybridized carbons (Fsp3) is 0.381. The second-order valence-electron chi connectivity index (χ2n) is 6.57. The molecule has 6 heteroatoms. The fourth-order valence-corrected chi connectivity index (χ4v) is 4.47.